The highest BCUT2D eigenvalue weighted by Gasteiger charge is 2.71. The summed E-state index contributed by atoms with van der Waals surface area (Å²) in [5, 5.41) is 12.9. The molecule has 1 aliphatic carbocycles. The normalized spacial score (nSPS) is 23.6. The second-order valence-corrected chi connectivity index (χ2v) is 9.31. The molecular weight excluding hydrogens is 406 g/mol. The van der Waals surface area contributed by atoms with Gasteiger partial charge in [-0.15, -0.1) is 0 Å². The van der Waals surface area contributed by atoms with Gasteiger partial charge < -0.3 is 14.4 Å². The summed E-state index contributed by atoms with van der Waals surface area (Å²) in [7, 11) is 0. The van der Waals surface area contributed by atoms with Crippen molar-refractivity contribution < 1.29 is 19.1 Å². The molecule has 2 aliphatic rings. The zero-order valence-corrected chi connectivity index (χ0v) is 18.5. The third kappa shape index (κ3) is 4.13. The number of carbonyl (C=O) groups excluding carboxylic acids is 2. The Balaban J connectivity index is 1.44. The van der Waals surface area contributed by atoms with Crippen LogP contribution in [-0.4, -0.2) is 35.8 Å². The fourth-order valence-electron chi connectivity index (χ4n) is 4.55. The summed E-state index contributed by atoms with van der Waals surface area (Å²) in [4.78, 5) is 26.5. The van der Waals surface area contributed by atoms with Crippen molar-refractivity contribution in [3.8, 4) is 6.07 Å². The van der Waals surface area contributed by atoms with Gasteiger partial charge in [0.25, 0.3) is 0 Å². The first-order valence-corrected chi connectivity index (χ1v) is 10.7. The van der Waals surface area contributed by atoms with Gasteiger partial charge in [0.15, 0.2) is 0 Å². The number of nitriles is 1. The van der Waals surface area contributed by atoms with Crippen molar-refractivity contribution in [1.82, 2.24) is 4.90 Å². The Morgan fingerprint density at radius 3 is 2.34 bits per heavy atom. The summed E-state index contributed by atoms with van der Waals surface area (Å²) in [6.07, 6.45) is -0.928. The number of fused-ring (bicyclic) bond motifs is 1. The SMILES string of the molecule is CC(C)(C)OC(=O)N1CC2[C@H](C1)[C@@]2(C#N)c1ccccc1NC(=O)OCc1ccccc1. The molecule has 166 valence electrons. The zero-order valence-electron chi connectivity index (χ0n) is 18.5. The number of benzene rings is 2. The highest BCUT2D eigenvalue weighted by molar-refractivity contribution is 5.86. The molecule has 1 heterocycles. The standard InChI is InChI=1S/C25H27N3O4/c1-24(2,3)32-23(30)28-13-19-20(14-28)25(19,16-26)18-11-7-8-12-21(18)27-22(29)31-15-17-9-5-4-6-10-17/h4-12,19-20H,13-15H2,1-3H3,(H,27,29)/t19-,20?,25+/m0/s1. The minimum Gasteiger partial charge on any atom is -0.444 e. The number of hydrogen-bond donors (Lipinski definition) is 1. The van der Waals surface area contributed by atoms with Crippen LogP contribution in [-0.2, 0) is 21.5 Å². The van der Waals surface area contributed by atoms with Gasteiger partial charge >= 0.3 is 12.2 Å². The van der Waals surface area contributed by atoms with Gasteiger partial charge in [-0.05, 0) is 38.0 Å². The largest absolute Gasteiger partial charge is 0.444 e. The van der Waals surface area contributed by atoms with Crippen LogP contribution in [0.1, 0.15) is 31.9 Å². The third-order valence-corrected chi connectivity index (χ3v) is 6.04. The van der Waals surface area contributed by atoms with Crippen molar-refractivity contribution in [3.05, 3.63) is 65.7 Å². The number of hydrogen-bond acceptors (Lipinski definition) is 5. The fourth-order valence-corrected chi connectivity index (χ4v) is 4.55. The van der Waals surface area contributed by atoms with Gasteiger partial charge in [0.05, 0.1) is 11.5 Å². The Kier molecular flexibility index (Phi) is 5.55. The smallest absolute Gasteiger partial charge is 0.411 e. The molecule has 1 N–H and O–H groups in total. The third-order valence-electron chi connectivity index (χ3n) is 6.04. The average Bonchev–Trinajstić information content (AvgIpc) is 3.12. The Bertz CT molecular complexity index is 1040. The number of rotatable bonds is 4. The Morgan fingerprint density at radius 2 is 1.72 bits per heavy atom. The summed E-state index contributed by atoms with van der Waals surface area (Å²) in [5.41, 5.74) is 0.918. The van der Waals surface area contributed by atoms with Crippen molar-refractivity contribution in [3.63, 3.8) is 0 Å². The van der Waals surface area contributed by atoms with E-state index >= 15 is 0 Å². The first kappa shape index (κ1) is 21.7. The predicted molar refractivity (Wildman–Crippen MR) is 119 cm³/mol. The molecular formula is C25H27N3O4. The highest BCUT2D eigenvalue weighted by atomic mass is 16.6. The molecule has 2 amide bonds. The van der Waals surface area contributed by atoms with E-state index in [0.717, 1.165) is 11.1 Å². The van der Waals surface area contributed by atoms with Crippen LogP contribution in [0.3, 0.4) is 0 Å². The molecule has 1 aliphatic heterocycles. The topological polar surface area (TPSA) is 91.7 Å². The molecule has 2 fully saturated rings. The molecule has 0 radical (unpaired) electrons. The monoisotopic (exact) mass is 433 g/mol. The van der Waals surface area contributed by atoms with E-state index in [1.165, 1.54) is 0 Å². The summed E-state index contributed by atoms with van der Waals surface area (Å²) >= 11 is 0. The number of carbonyl (C=O) groups is 2. The van der Waals surface area contributed by atoms with Crippen LogP contribution in [0.5, 0.6) is 0 Å². The van der Waals surface area contributed by atoms with E-state index in [9.17, 15) is 14.9 Å². The van der Waals surface area contributed by atoms with Gasteiger partial charge in [-0.2, -0.15) is 5.26 Å². The van der Waals surface area contributed by atoms with Crippen molar-refractivity contribution in [2.24, 2.45) is 11.8 Å². The van der Waals surface area contributed by atoms with Gasteiger partial charge in [-0.1, -0.05) is 48.5 Å². The fraction of sp³-hybridized carbons (Fsp3) is 0.400. The van der Waals surface area contributed by atoms with Gasteiger partial charge in [0, 0.05) is 30.6 Å². The predicted octanol–water partition coefficient (Wildman–Crippen LogP) is 4.69. The van der Waals surface area contributed by atoms with E-state index in [-0.39, 0.29) is 24.5 Å². The van der Waals surface area contributed by atoms with Crippen LogP contribution in [0, 0.1) is 23.2 Å². The lowest BCUT2D eigenvalue weighted by Gasteiger charge is -2.27. The second kappa shape index (κ2) is 8.19. The molecule has 0 aromatic heterocycles. The van der Waals surface area contributed by atoms with Crippen molar-refractivity contribution >= 4 is 17.9 Å². The van der Waals surface area contributed by atoms with Gasteiger partial charge in [0.2, 0.25) is 0 Å². The van der Waals surface area contributed by atoms with Gasteiger partial charge in [0.1, 0.15) is 12.2 Å². The van der Waals surface area contributed by atoms with Crippen LogP contribution >= 0.6 is 0 Å². The van der Waals surface area contributed by atoms with E-state index in [4.69, 9.17) is 9.47 Å². The molecule has 0 spiro atoms. The van der Waals surface area contributed by atoms with Gasteiger partial charge in [-0.3, -0.25) is 5.32 Å². The van der Waals surface area contributed by atoms with Crippen LogP contribution < -0.4 is 5.32 Å². The number of para-hydroxylation sites is 1. The molecule has 0 bridgehead atoms. The summed E-state index contributed by atoms with van der Waals surface area (Å²) in [6, 6.07) is 19.2. The summed E-state index contributed by atoms with van der Waals surface area (Å²) in [5.74, 6) is 0.00613. The average molecular weight is 434 g/mol. The maximum Gasteiger partial charge on any atom is 0.411 e. The quantitative estimate of drug-likeness (QED) is 0.755. The van der Waals surface area contributed by atoms with E-state index in [0.29, 0.717) is 18.8 Å². The molecule has 1 unspecified atom stereocenters. The molecule has 2 aromatic carbocycles. The minimum atomic E-state index is -0.734. The molecule has 7 heteroatoms. The van der Waals surface area contributed by atoms with E-state index in [2.05, 4.69) is 11.4 Å². The van der Waals surface area contributed by atoms with Crippen LogP contribution in [0.15, 0.2) is 54.6 Å². The molecule has 7 nitrogen and oxygen atoms in total. The lowest BCUT2D eigenvalue weighted by atomic mass is 9.90. The maximum atomic E-state index is 12.4. The molecule has 4 rings (SSSR count). The van der Waals surface area contributed by atoms with Crippen LogP contribution in [0.25, 0.3) is 0 Å². The summed E-state index contributed by atoms with van der Waals surface area (Å²) in [6.45, 7) is 6.58. The number of ether oxygens (including phenoxy) is 2. The van der Waals surface area contributed by atoms with Crippen LogP contribution in [0.4, 0.5) is 15.3 Å². The number of nitrogens with zero attached hydrogens (tertiary/aromatic N) is 2. The Morgan fingerprint density at radius 1 is 1.09 bits per heavy atom. The van der Waals surface area contributed by atoms with E-state index < -0.39 is 17.1 Å². The van der Waals surface area contributed by atoms with Gasteiger partial charge in [-0.25, -0.2) is 9.59 Å². The molecule has 1 saturated heterocycles. The number of likely N-dealkylation sites (tertiary alicyclic amines) is 1. The summed E-state index contributed by atoms with van der Waals surface area (Å²) < 4.78 is 10.8. The maximum absolute atomic E-state index is 12.4. The first-order chi connectivity index (χ1) is 15.2. The zero-order chi connectivity index (χ0) is 22.9. The lowest BCUT2D eigenvalue weighted by Crippen LogP contribution is -2.39. The molecule has 1 saturated carbocycles. The Hall–Kier alpha value is -3.53. The van der Waals surface area contributed by atoms with E-state index in [1.54, 1.807) is 11.0 Å². The molecule has 2 aromatic rings. The van der Waals surface area contributed by atoms with Crippen molar-refractivity contribution in [1.29, 1.82) is 5.26 Å². The van der Waals surface area contributed by atoms with Crippen molar-refractivity contribution in [2.75, 3.05) is 18.4 Å². The molecule has 3 atom stereocenters. The lowest BCUT2D eigenvalue weighted by molar-refractivity contribution is 0.0266. The highest BCUT2D eigenvalue weighted by Crippen LogP contribution is 2.64. The number of amides is 2. The number of anilines is 1. The molecule has 32 heavy (non-hydrogen) atoms. The Labute approximate surface area is 187 Å². The first-order valence-electron chi connectivity index (χ1n) is 10.7. The second-order valence-electron chi connectivity index (χ2n) is 9.31. The number of piperidine rings is 1. The van der Waals surface area contributed by atoms with Crippen LogP contribution in [0.2, 0.25) is 0 Å². The van der Waals surface area contributed by atoms with E-state index in [1.807, 2.05) is 69.3 Å². The number of nitrogens with one attached hydrogen (secondary N) is 1. The van der Waals surface area contributed by atoms with Crippen molar-refractivity contribution in [2.45, 2.75) is 38.4 Å². The minimum absolute atomic E-state index is 0.00306.